The number of hydrogen-bond donors (Lipinski definition) is 0. The van der Waals surface area contributed by atoms with Gasteiger partial charge in [0.2, 0.25) is 0 Å². The molecule has 120 valence electrons. The molecule has 0 fully saturated rings. The summed E-state index contributed by atoms with van der Waals surface area (Å²) >= 11 is 3.39. The van der Waals surface area contributed by atoms with Gasteiger partial charge in [-0.15, -0.1) is 0 Å². The largest absolute Gasteiger partial charge is 0.378 e. The van der Waals surface area contributed by atoms with Crippen molar-refractivity contribution >= 4 is 15.9 Å². The standard InChI is InChI=1S/C17H23BrN2O2/c1-15(8-9-20-13-17(18)12-19-20)22-11-5-10-21-14-16-6-3-2-4-7-16/h2-4,6-7,12-13,15H,5,8-11,14H2,1H3/t15-/m0/s1. The van der Waals surface area contributed by atoms with Gasteiger partial charge in [0, 0.05) is 26.0 Å². The van der Waals surface area contributed by atoms with E-state index in [9.17, 15) is 0 Å². The molecule has 1 heterocycles. The number of rotatable bonds is 10. The van der Waals surface area contributed by atoms with E-state index in [4.69, 9.17) is 9.47 Å². The lowest BCUT2D eigenvalue weighted by Gasteiger charge is -2.13. The molecule has 5 heteroatoms. The molecule has 0 bridgehead atoms. The van der Waals surface area contributed by atoms with Crippen LogP contribution >= 0.6 is 15.9 Å². The fourth-order valence-electron chi connectivity index (χ4n) is 2.07. The molecule has 2 rings (SSSR count). The van der Waals surface area contributed by atoms with E-state index < -0.39 is 0 Å². The minimum absolute atomic E-state index is 0.233. The van der Waals surface area contributed by atoms with Crippen LogP contribution in [0.4, 0.5) is 0 Å². The van der Waals surface area contributed by atoms with E-state index >= 15 is 0 Å². The molecule has 0 saturated heterocycles. The van der Waals surface area contributed by atoms with E-state index in [0.29, 0.717) is 6.61 Å². The number of halogens is 1. The first kappa shape index (κ1) is 17.2. The van der Waals surface area contributed by atoms with Crippen LogP contribution in [0, 0.1) is 0 Å². The second-order valence-electron chi connectivity index (χ2n) is 5.28. The highest BCUT2D eigenvalue weighted by Gasteiger charge is 2.03. The van der Waals surface area contributed by atoms with Crippen LogP contribution < -0.4 is 0 Å². The predicted molar refractivity (Wildman–Crippen MR) is 90.7 cm³/mol. The van der Waals surface area contributed by atoms with Crippen molar-refractivity contribution in [1.82, 2.24) is 9.78 Å². The van der Waals surface area contributed by atoms with Crippen molar-refractivity contribution in [3.05, 3.63) is 52.8 Å². The third-order valence-corrected chi connectivity index (χ3v) is 3.72. The molecule has 0 N–H and O–H groups in total. The maximum Gasteiger partial charge on any atom is 0.0716 e. The summed E-state index contributed by atoms with van der Waals surface area (Å²) < 4.78 is 14.4. The van der Waals surface area contributed by atoms with Crippen molar-refractivity contribution < 1.29 is 9.47 Å². The van der Waals surface area contributed by atoms with Gasteiger partial charge in [0.25, 0.3) is 0 Å². The maximum atomic E-state index is 5.79. The second-order valence-corrected chi connectivity index (χ2v) is 6.20. The quantitative estimate of drug-likeness (QED) is 0.595. The molecular formula is C17H23BrN2O2. The Morgan fingerprint density at radius 3 is 2.77 bits per heavy atom. The predicted octanol–water partition coefficient (Wildman–Crippen LogP) is 4.05. The summed E-state index contributed by atoms with van der Waals surface area (Å²) in [6.45, 7) is 5.11. The molecule has 0 amide bonds. The van der Waals surface area contributed by atoms with Gasteiger partial charge in [-0.25, -0.2) is 0 Å². The zero-order valence-electron chi connectivity index (χ0n) is 13.0. The normalized spacial score (nSPS) is 12.5. The monoisotopic (exact) mass is 366 g/mol. The SMILES string of the molecule is C[C@@H](CCn1cc(Br)cn1)OCCCOCc1ccccc1. The van der Waals surface area contributed by atoms with Crippen molar-refractivity contribution in [2.24, 2.45) is 0 Å². The topological polar surface area (TPSA) is 36.3 Å². The number of hydrogen-bond acceptors (Lipinski definition) is 3. The minimum atomic E-state index is 0.233. The molecule has 0 unspecified atom stereocenters. The van der Waals surface area contributed by atoms with E-state index in [1.165, 1.54) is 5.56 Å². The zero-order valence-corrected chi connectivity index (χ0v) is 14.5. The highest BCUT2D eigenvalue weighted by Crippen LogP contribution is 2.08. The molecule has 0 saturated carbocycles. The van der Waals surface area contributed by atoms with Crippen LogP contribution in [0.1, 0.15) is 25.3 Å². The minimum Gasteiger partial charge on any atom is -0.378 e. The van der Waals surface area contributed by atoms with Crippen molar-refractivity contribution in [2.45, 2.75) is 39.0 Å². The molecule has 0 aliphatic carbocycles. The molecule has 1 aromatic carbocycles. The first-order valence-corrected chi connectivity index (χ1v) is 8.44. The van der Waals surface area contributed by atoms with Gasteiger partial charge in [-0.05, 0) is 41.3 Å². The second kappa shape index (κ2) is 9.77. The van der Waals surface area contributed by atoms with Crippen LogP contribution in [-0.2, 0) is 22.6 Å². The summed E-state index contributed by atoms with van der Waals surface area (Å²) in [4.78, 5) is 0. The Labute approximate surface area is 140 Å². The average Bonchev–Trinajstić information content (AvgIpc) is 2.95. The summed E-state index contributed by atoms with van der Waals surface area (Å²) in [5.74, 6) is 0. The van der Waals surface area contributed by atoms with Crippen LogP contribution in [-0.4, -0.2) is 29.1 Å². The van der Waals surface area contributed by atoms with Gasteiger partial charge in [-0.2, -0.15) is 5.10 Å². The van der Waals surface area contributed by atoms with Crippen molar-refractivity contribution in [2.75, 3.05) is 13.2 Å². The van der Waals surface area contributed by atoms with E-state index in [0.717, 1.165) is 37.1 Å². The van der Waals surface area contributed by atoms with Gasteiger partial charge in [0.1, 0.15) is 0 Å². The average molecular weight is 367 g/mol. The fraction of sp³-hybridized carbons (Fsp3) is 0.471. The molecule has 0 spiro atoms. The summed E-state index contributed by atoms with van der Waals surface area (Å²) in [5.41, 5.74) is 1.21. The van der Waals surface area contributed by atoms with Crippen molar-refractivity contribution in [3.63, 3.8) is 0 Å². The fourth-order valence-corrected chi connectivity index (χ4v) is 2.40. The van der Waals surface area contributed by atoms with E-state index in [-0.39, 0.29) is 6.10 Å². The number of ether oxygens (including phenoxy) is 2. The van der Waals surface area contributed by atoms with Crippen LogP contribution in [0.25, 0.3) is 0 Å². The van der Waals surface area contributed by atoms with E-state index in [1.54, 1.807) is 6.20 Å². The Kier molecular flexibility index (Phi) is 7.63. The van der Waals surface area contributed by atoms with Crippen LogP contribution in [0.5, 0.6) is 0 Å². The number of aromatic nitrogens is 2. The summed E-state index contributed by atoms with van der Waals surface area (Å²) in [6.07, 6.45) is 5.89. The molecule has 22 heavy (non-hydrogen) atoms. The molecule has 0 aliphatic heterocycles. The summed E-state index contributed by atoms with van der Waals surface area (Å²) in [7, 11) is 0. The smallest absolute Gasteiger partial charge is 0.0716 e. The Morgan fingerprint density at radius 1 is 1.23 bits per heavy atom. The third kappa shape index (κ3) is 6.73. The molecule has 1 aromatic heterocycles. The Bertz CT molecular complexity index is 530. The highest BCUT2D eigenvalue weighted by atomic mass is 79.9. The molecular weight excluding hydrogens is 344 g/mol. The van der Waals surface area contributed by atoms with Gasteiger partial charge in [-0.1, -0.05) is 30.3 Å². The van der Waals surface area contributed by atoms with Crippen molar-refractivity contribution in [1.29, 1.82) is 0 Å². The Morgan fingerprint density at radius 2 is 2.05 bits per heavy atom. The van der Waals surface area contributed by atoms with Gasteiger partial charge in [-0.3, -0.25) is 4.68 Å². The van der Waals surface area contributed by atoms with E-state index in [1.807, 2.05) is 29.1 Å². The van der Waals surface area contributed by atoms with Gasteiger partial charge >= 0.3 is 0 Å². The molecule has 0 radical (unpaired) electrons. The summed E-state index contributed by atoms with van der Waals surface area (Å²) in [6, 6.07) is 10.2. The molecule has 4 nitrogen and oxygen atoms in total. The van der Waals surface area contributed by atoms with Crippen molar-refractivity contribution in [3.8, 4) is 0 Å². The lowest BCUT2D eigenvalue weighted by molar-refractivity contribution is 0.0332. The first-order chi connectivity index (χ1) is 10.7. The molecule has 0 aliphatic rings. The number of aryl methyl sites for hydroxylation is 1. The van der Waals surface area contributed by atoms with Crippen LogP contribution in [0.2, 0.25) is 0 Å². The number of nitrogens with zero attached hydrogens (tertiary/aromatic N) is 2. The molecule has 2 aromatic rings. The lowest BCUT2D eigenvalue weighted by Crippen LogP contribution is -2.14. The lowest BCUT2D eigenvalue weighted by atomic mass is 10.2. The third-order valence-electron chi connectivity index (χ3n) is 3.31. The molecule has 1 atom stereocenters. The maximum absolute atomic E-state index is 5.79. The zero-order chi connectivity index (χ0) is 15.6. The Balaban J connectivity index is 1.47. The van der Waals surface area contributed by atoms with Gasteiger partial charge in [0.05, 0.1) is 23.4 Å². The van der Waals surface area contributed by atoms with E-state index in [2.05, 4.69) is 40.1 Å². The highest BCUT2D eigenvalue weighted by molar-refractivity contribution is 9.10. The van der Waals surface area contributed by atoms with Crippen LogP contribution in [0.3, 0.4) is 0 Å². The number of benzene rings is 1. The Hall–Kier alpha value is -1.17. The van der Waals surface area contributed by atoms with Gasteiger partial charge < -0.3 is 9.47 Å². The van der Waals surface area contributed by atoms with Crippen LogP contribution in [0.15, 0.2) is 47.2 Å². The summed E-state index contributed by atoms with van der Waals surface area (Å²) in [5, 5.41) is 4.23. The van der Waals surface area contributed by atoms with Gasteiger partial charge in [0.15, 0.2) is 0 Å². The first-order valence-electron chi connectivity index (χ1n) is 7.65.